The fraction of sp³-hybridized carbons (Fsp3) is 0.381. The molecule has 0 bridgehead atoms. The highest BCUT2D eigenvalue weighted by atomic mass is 16.5. The van der Waals surface area contributed by atoms with E-state index in [9.17, 15) is 9.59 Å². The van der Waals surface area contributed by atoms with Crippen LogP contribution in [0, 0.1) is 5.92 Å². The fourth-order valence-corrected chi connectivity index (χ4v) is 3.36. The molecule has 3 aromatic rings. The Hall–Kier alpha value is -3.09. The van der Waals surface area contributed by atoms with E-state index in [0.717, 1.165) is 22.7 Å². The number of ether oxygens (including phenoxy) is 2. The van der Waals surface area contributed by atoms with Crippen molar-refractivity contribution in [3.63, 3.8) is 0 Å². The minimum Gasteiger partial charge on any atom is -0.491 e. The van der Waals surface area contributed by atoms with Crippen LogP contribution in [-0.4, -0.2) is 35.4 Å². The highest BCUT2D eigenvalue weighted by Gasteiger charge is 2.16. The Bertz CT molecular complexity index is 1060. The molecule has 1 N–H and O–H groups in total. The third kappa shape index (κ3) is 4.08. The average molecular weight is 383 g/mol. The predicted octanol–water partition coefficient (Wildman–Crippen LogP) is 3.24. The Morgan fingerprint density at radius 1 is 1.21 bits per heavy atom. The summed E-state index contributed by atoms with van der Waals surface area (Å²) in [5, 5.41) is 5.21. The molecule has 0 saturated heterocycles. The minimum atomic E-state index is -0.477. The number of carbonyl (C=O) groups excluding carboxylic acids is 1. The van der Waals surface area contributed by atoms with Crippen LogP contribution in [0.15, 0.2) is 41.5 Å². The van der Waals surface area contributed by atoms with Gasteiger partial charge in [0.05, 0.1) is 24.1 Å². The lowest BCUT2D eigenvalue weighted by Gasteiger charge is -2.20. The molecule has 0 aliphatic carbocycles. The summed E-state index contributed by atoms with van der Waals surface area (Å²) in [6.45, 7) is 4.47. The second kappa shape index (κ2) is 8.29. The van der Waals surface area contributed by atoms with E-state index < -0.39 is 6.09 Å². The first-order valence-corrected chi connectivity index (χ1v) is 9.24. The van der Waals surface area contributed by atoms with Crippen molar-refractivity contribution in [1.82, 2.24) is 14.9 Å². The Balaban J connectivity index is 1.89. The summed E-state index contributed by atoms with van der Waals surface area (Å²) in [6.07, 6.45) is 3.56. The number of hydrogen-bond acceptors (Lipinski definition) is 5. The van der Waals surface area contributed by atoms with Crippen LogP contribution in [-0.2, 0) is 11.8 Å². The van der Waals surface area contributed by atoms with Crippen LogP contribution in [0.5, 0.6) is 5.75 Å². The van der Waals surface area contributed by atoms with Crippen LogP contribution in [0.4, 0.5) is 4.79 Å². The summed E-state index contributed by atoms with van der Waals surface area (Å²) in [6, 6.07) is 7.34. The van der Waals surface area contributed by atoms with Crippen molar-refractivity contribution in [1.29, 1.82) is 0 Å². The molecule has 0 aliphatic heterocycles. The zero-order valence-corrected chi connectivity index (χ0v) is 16.6. The first kappa shape index (κ1) is 19.7. The van der Waals surface area contributed by atoms with Gasteiger partial charge in [-0.3, -0.25) is 9.78 Å². The maximum Gasteiger partial charge on any atom is 0.407 e. The first-order chi connectivity index (χ1) is 13.4. The SMILES string of the molecule is COC(=O)NC(COc1ccc2c3ccncc3c(=O)n(C)c2c1)CC(C)C. The van der Waals surface area contributed by atoms with Gasteiger partial charge in [-0.05, 0) is 35.9 Å². The van der Waals surface area contributed by atoms with E-state index in [1.807, 2.05) is 24.3 Å². The van der Waals surface area contributed by atoms with Crippen LogP contribution in [0.1, 0.15) is 20.3 Å². The minimum absolute atomic E-state index is 0.0993. The quantitative estimate of drug-likeness (QED) is 0.661. The molecule has 1 atom stereocenters. The number of amides is 1. The van der Waals surface area contributed by atoms with E-state index in [4.69, 9.17) is 9.47 Å². The van der Waals surface area contributed by atoms with Crippen molar-refractivity contribution >= 4 is 27.8 Å². The van der Waals surface area contributed by atoms with Crippen LogP contribution in [0.3, 0.4) is 0 Å². The smallest absolute Gasteiger partial charge is 0.407 e. The molecule has 2 aromatic heterocycles. The molecular formula is C21H25N3O4. The summed E-state index contributed by atoms with van der Waals surface area (Å²) in [4.78, 5) is 28.2. The van der Waals surface area contributed by atoms with Gasteiger partial charge in [-0.1, -0.05) is 13.8 Å². The maximum atomic E-state index is 12.6. The van der Waals surface area contributed by atoms with E-state index in [2.05, 4.69) is 24.1 Å². The summed E-state index contributed by atoms with van der Waals surface area (Å²) in [5.74, 6) is 1.03. The Kier molecular flexibility index (Phi) is 5.82. The Morgan fingerprint density at radius 2 is 2.00 bits per heavy atom. The number of benzene rings is 1. The molecule has 0 radical (unpaired) electrons. The van der Waals surface area contributed by atoms with E-state index in [1.54, 1.807) is 24.0 Å². The number of methoxy groups -OCH3 is 1. The van der Waals surface area contributed by atoms with Gasteiger partial charge in [0, 0.05) is 30.9 Å². The zero-order chi connectivity index (χ0) is 20.3. The Labute approximate surface area is 163 Å². The van der Waals surface area contributed by atoms with Gasteiger partial charge in [0.1, 0.15) is 12.4 Å². The number of fused-ring (bicyclic) bond motifs is 3. The molecule has 28 heavy (non-hydrogen) atoms. The van der Waals surface area contributed by atoms with Crippen LogP contribution >= 0.6 is 0 Å². The van der Waals surface area contributed by atoms with Gasteiger partial charge in [0.15, 0.2) is 0 Å². The molecule has 1 unspecified atom stereocenters. The van der Waals surface area contributed by atoms with Gasteiger partial charge in [0.25, 0.3) is 5.56 Å². The molecule has 0 aliphatic rings. The molecule has 148 valence electrons. The molecule has 1 aromatic carbocycles. The summed E-state index contributed by atoms with van der Waals surface area (Å²) < 4.78 is 12.2. The largest absolute Gasteiger partial charge is 0.491 e. The third-order valence-corrected chi connectivity index (χ3v) is 4.69. The van der Waals surface area contributed by atoms with Gasteiger partial charge in [0.2, 0.25) is 0 Å². The Morgan fingerprint density at radius 3 is 2.71 bits per heavy atom. The number of rotatable bonds is 6. The zero-order valence-electron chi connectivity index (χ0n) is 16.6. The lowest BCUT2D eigenvalue weighted by atomic mass is 10.0. The van der Waals surface area contributed by atoms with E-state index in [0.29, 0.717) is 23.7 Å². The second-order valence-corrected chi connectivity index (χ2v) is 7.24. The van der Waals surface area contributed by atoms with Crippen molar-refractivity contribution < 1.29 is 14.3 Å². The van der Waals surface area contributed by atoms with Crippen molar-refractivity contribution in [3.05, 3.63) is 47.0 Å². The molecule has 2 heterocycles. The number of hydrogen-bond donors (Lipinski definition) is 1. The van der Waals surface area contributed by atoms with Gasteiger partial charge in [-0.25, -0.2) is 4.79 Å². The fourth-order valence-electron chi connectivity index (χ4n) is 3.36. The molecule has 7 heteroatoms. The van der Waals surface area contributed by atoms with Crippen molar-refractivity contribution in [2.75, 3.05) is 13.7 Å². The van der Waals surface area contributed by atoms with Crippen molar-refractivity contribution in [2.24, 2.45) is 13.0 Å². The molecule has 3 rings (SSSR count). The average Bonchev–Trinajstić information content (AvgIpc) is 2.69. The number of aromatic nitrogens is 2. The molecule has 1 amide bonds. The third-order valence-electron chi connectivity index (χ3n) is 4.69. The van der Waals surface area contributed by atoms with E-state index >= 15 is 0 Å². The van der Waals surface area contributed by atoms with Gasteiger partial charge >= 0.3 is 6.09 Å². The van der Waals surface area contributed by atoms with Crippen molar-refractivity contribution in [3.8, 4) is 5.75 Å². The number of alkyl carbamates (subject to hydrolysis) is 1. The van der Waals surface area contributed by atoms with Gasteiger partial charge in [-0.2, -0.15) is 0 Å². The first-order valence-electron chi connectivity index (χ1n) is 9.24. The van der Waals surface area contributed by atoms with Crippen LogP contribution in [0.2, 0.25) is 0 Å². The molecule has 0 fully saturated rings. The lowest BCUT2D eigenvalue weighted by molar-refractivity contribution is 0.156. The van der Waals surface area contributed by atoms with Gasteiger partial charge < -0.3 is 19.4 Å². The molecule has 0 spiro atoms. The summed E-state index contributed by atoms with van der Waals surface area (Å²) in [5.41, 5.74) is 0.681. The number of nitrogens with one attached hydrogen (secondary N) is 1. The van der Waals surface area contributed by atoms with Gasteiger partial charge in [-0.15, -0.1) is 0 Å². The predicted molar refractivity (Wildman–Crippen MR) is 109 cm³/mol. The standard InChI is InChI=1S/C21H25N3O4/c1-13(2)9-14(23-21(26)27-4)12-28-15-5-6-17-16-7-8-22-11-18(16)20(25)24(3)19(17)10-15/h5-8,10-11,13-14H,9,12H2,1-4H3,(H,23,26). The van der Waals surface area contributed by atoms with Crippen molar-refractivity contribution in [2.45, 2.75) is 26.3 Å². The van der Waals surface area contributed by atoms with E-state index in [1.165, 1.54) is 7.11 Å². The number of pyridine rings is 2. The lowest BCUT2D eigenvalue weighted by Crippen LogP contribution is -2.40. The van der Waals surface area contributed by atoms with Crippen LogP contribution < -0.4 is 15.6 Å². The normalized spacial score (nSPS) is 12.3. The topological polar surface area (TPSA) is 82.5 Å². The molecule has 0 saturated carbocycles. The highest BCUT2D eigenvalue weighted by Crippen LogP contribution is 2.25. The summed E-state index contributed by atoms with van der Waals surface area (Å²) >= 11 is 0. The number of aryl methyl sites for hydroxylation is 1. The molecular weight excluding hydrogens is 358 g/mol. The number of nitrogens with zero attached hydrogens (tertiary/aromatic N) is 2. The monoisotopic (exact) mass is 383 g/mol. The summed E-state index contributed by atoms with van der Waals surface area (Å²) in [7, 11) is 3.08. The molecule has 7 nitrogen and oxygen atoms in total. The second-order valence-electron chi connectivity index (χ2n) is 7.24. The maximum absolute atomic E-state index is 12.6. The number of carbonyl (C=O) groups is 1. The highest BCUT2D eigenvalue weighted by molar-refractivity contribution is 6.05. The van der Waals surface area contributed by atoms with E-state index in [-0.39, 0.29) is 11.6 Å². The van der Waals surface area contributed by atoms with Crippen LogP contribution in [0.25, 0.3) is 21.7 Å².